The van der Waals surface area contributed by atoms with E-state index in [2.05, 4.69) is 15.0 Å². The number of carbonyl (C=O) groups excluding carboxylic acids is 1. The number of nitrogens with one attached hydrogen (secondary N) is 1. The lowest BCUT2D eigenvalue weighted by molar-refractivity contribution is 0.104. The molecule has 0 aliphatic rings. The van der Waals surface area contributed by atoms with Crippen LogP contribution in [-0.4, -0.2) is 42.5 Å². The first kappa shape index (κ1) is 17.0. The number of aliphatic imine (C=N–C) groups is 1. The molecule has 0 saturated heterocycles. The third-order valence-electron chi connectivity index (χ3n) is 3.92. The van der Waals surface area contributed by atoms with E-state index in [0.29, 0.717) is 16.8 Å². The standard InChI is InChI=1S/C18H17N3O3S/c1-19-16(25(2,23)24)10-12-5-3-6-13(9-12)17(22)15-11-21-18-14(15)7-4-8-20-18/h3-9,11H,10H2,1-2H3,(H,20,21). The van der Waals surface area contributed by atoms with Crippen LogP contribution in [0.2, 0.25) is 0 Å². The molecule has 25 heavy (non-hydrogen) atoms. The molecule has 0 amide bonds. The summed E-state index contributed by atoms with van der Waals surface area (Å²) in [5, 5.41) is 0.846. The zero-order valence-electron chi connectivity index (χ0n) is 13.9. The minimum atomic E-state index is -3.37. The van der Waals surface area contributed by atoms with Gasteiger partial charge in [-0.25, -0.2) is 13.4 Å². The van der Waals surface area contributed by atoms with Gasteiger partial charge >= 0.3 is 0 Å². The van der Waals surface area contributed by atoms with Crippen molar-refractivity contribution in [3.05, 3.63) is 65.5 Å². The average molecular weight is 355 g/mol. The van der Waals surface area contributed by atoms with Crippen molar-refractivity contribution in [1.82, 2.24) is 9.97 Å². The zero-order chi connectivity index (χ0) is 18.0. The SMILES string of the molecule is CN=C(Cc1cccc(C(=O)c2c[nH]c3ncccc23)c1)S(C)(=O)=O. The molecule has 0 bridgehead atoms. The normalized spacial score (nSPS) is 12.5. The maximum absolute atomic E-state index is 12.8. The minimum absolute atomic E-state index is 0.0911. The highest BCUT2D eigenvalue weighted by Crippen LogP contribution is 2.20. The smallest absolute Gasteiger partial charge is 0.195 e. The molecule has 0 saturated carbocycles. The molecular weight excluding hydrogens is 338 g/mol. The van der Waals surface area contributed by atoms with E-state index in [-0.39, 0.29) is 17.2 Å². The van der Waals surface area contributed by atoms with Crippen molar-refractivity contribution in [2.75, 3.05) is 13.3 Å². The molecule has 1 N–H and O–H groups in total. The fraction of sp³-hybridized carbons (Fsp3) is 0.167. The van der Waals surface area contributed by atoms with Crippen LogP contribution in [0, 0.1) is 0 Å². The Morgan fingerprint density at radius 1 is 1.24 bits per heavy atom. The van der Waals surface area contributed by atoms with E-state index < -0.39 is 9.84 Å². The molecule has 2 heterocycles. The first-order valence-electron chi connectivity index (χ1n) is 7.61. The summed E-state index contributed by atoms with van der Waals surface area (Å²) < 4.78 is 23.4. The first-order valence-corrected chi connectivity index (χ1v) is 9.51. The number of rotatable bonds is 4. The number of sulfone groups is 1. The van der Waals surface area contributed by atoms with Crippen LogP contribution in [0.15, 0.2) is 53.8 Å². The molecule has 128 valence electrons. The summed E-state index contributed by atoms with van der Waals surface area (Å²) in [6.07, 6.45) is 4.59. The lowest BCUT2D eigenvalue weighted by Crippen LogP contribution is -2.16. The summed E-state index contributed by atoms with van der Waals surface area (Å²) in [5.74, 6) is -0.143. The van der Waals surface area contributed by atoms with Crippen LogP contribution in [0.3, 0.4) is 0 Å². The van der Waals surface area contributed by atoms with Gasteiger partial charge in [-0.3, -0.25) is 9.79 Å². The summed E-state index contributed by atoms with van der Waals surface area (Å²) >= 11 is 0. The number of aromatic amines is 1. The Bertz CT molecular complexity index is 1080. The number of fused-ring (bicyclic) bond motifs is 1. The van der Waals surface area contributed by atoms with E-state index >= 15 is 0 Å². The monoisotopic (exact) mass is 355 g/mol. The number of carbonyl (C=O) groups is 1. The maximum Gasteiger partial charge on any atom is 0.195 e. The quantitative estimate of drug-likeness (QED) is 0.442. The number of pyridine rings is 1. The Kier molecular flexibility index (Phi) is 4.50. The molecule has 3 aromatic rings. The van der Waals surface area contributed by atoms with Gasteiger partial charge < -0.3 is 4.98 Å². The molecule has 0 radical (unpaired) electrons. The lowest BCUT2D eigenvalue weighted by atomic mass is 10.0. The molecular formula is C18H17N3O3S. The van der Waals surface area contributed by atoms with Crippen molar-refractivity contribution in [2.24, 2.45) is 4.99 Å². The maximum atomic E-state index is 12.8. The van der Waals surface area contributed by atoms with E-state index in [0.717, 1.165) is 17.2 Å². The third-order valence-corrected chi connectivity index (χ3v) is 5.10. The Morgan fingerprint density at radius 3 is 2.76 bits per heavy atom. The van der Waals surface area contributed by atoms with Gasteiger partial charge in [0.15, 0.2) is 15.6 Å². The minimum Gasteiger partial charge on any atom is -0.345 e. The van der Waals surface area contributed by atoms with Crippen LogP contribution in [0.1, 0.15) is 21.5 Å². The Labute approximate surface area is 145 Å². The summed E-state index contributed by atoms with van der Waals surface area (Å²) in [4.78, 5) is 23.8. The van der Waals surface area contributed by atoms with Gasteiger partial charge in [0, 0.05) is 48.6 Å². The van der Waals surface area contributed by atoms with Crippen LogP contribution in [0.25, 0.3) is 11.0 Å². The fourth-order valence-corrected chi connectivity index (χ4v) is 3.43. The average Bonchev–Trinajstić information content (AvgIpc) is 3.02. The summed E-state index contributed by atoms with van der Waals surface area (Å²) in [6.45, 7) is 0. The lowest BCUT2D eigenvalue weighted by Gasteiger charge is -2.06. The predicted molar refractivity (Wildman–Crippen MR) is 97.9 cm³/mol. The highest BCUT2D eigenvalue weighted by atomic mass is 32.2. The molecule has 3 rings (SSSR count). The van der Waals surface area contributed by atoms with Gasteiger partial charge in [0.25, 0.3) is 0 Å². The Morgan fingerprint density at radius 2 is 2.04 bits per heavy atom. The van der Waals surface area contributed by atoms with Gasteiger partial charge in [-0.05, 0) is 23.8 Å². The molecule has 7 heteroatoms. The van der Waals surface area contributed by atoms with Gasteiger partial charge in [0.2, 0.25) is 0 Å². The van der Waals surface area contributed by atoms with Crippen LogP contribution in [0.5, 0.6) is 0 Å². The molecule has 1 aromatic carbocycles. The van der Waals surface area contributed by atoms with Crippen molar-refractivity contribution < 1.29 is 13.2 Å². The molecule has 0 aliphatic carbocycles. The second-order valence-corrected chi connectivity index (χ2v) is 7.71. The van der Waals surface area contributed by atoms with Gasteiger partial charge in [0.05, 0.1) is 0 Å². The number of benzene rings is 1. The van der Waals surface area contributed by atoms with Crippen LogP contribution >= 0.6 is 0 Å². The highest BCUT2D eigenvalue weighted by molar-refractivity contribution is 8.05. The molecule has 0 atom stereocenters. The summed E-state index contributed by atoms with van der Waals surface area (Å²) in [5.41, 5.74) is 2.40. The topological polar surface area (TPSA) is 92.2 Å². The van der Waals surface area contributed by atoms with Crippen molar-refractivity contribution >= 4 is 31.7 Å². The second kappa shape index (κ2) is 6.60. The van der Waals surface area contributed by atoms with Crippen LogP contribution in [-0.2, 0) is 16.3 Å². The molecule has 0 spiro atoms. The molecule has 0 fully saturated rings. The summed E-state index contributed by atoms with van der Waals surface area (Å²) in [6, 6.07) is 10.5. The van der Waals surface area contributed by atoms with Crippen molar-refractivity contribution in [3.8, 4) is 0 Å². The van der Waals surface area contributed by atoms with E-state index in [9.17, 15) is 13.2 Å². The van der Waals surface area contributed by atoms with E-state index in [4.69, 9.17) is 0 Å². The van der Waals surface area contributed by atoms with E-state index in [1.54, 1.807) is 42.7 Å². The highest BCUT2D eigenvalue weighted by Gasteiger charge is 2.17. The van der Waals surface area contributed by atoms with Crippen molar-refractivity contribution in [1.29, 1.82) is 0 Å². The van der Waals surface area contributed by atoms with E-state index in [1.165, 1.54) is 7.05 Å². The van der Waals surface area contributed by atoms with Crippen molar-refractivity contribution in [3.63, 3.8) is 0 Å². The summed E-state index contributed by atoms with van der Waals surface area (Å²) in [7, 11) is -1.92. The number of hydrogen-bond acceptors (Lipinski definition) is 5. The number of hydrogen-bond donors (Lipinski definition) is 1. The number of nitrogens with zero attached hydrogens (tertiary/aromatic N) is 2. The van der Waals surface area contributed by atoms with Gasteiger partial charge in [-0.15, -0.1) is 0 Å². The fourth-order valence-electron chi connectivity index (χ4n) is 2.67. The third kappa shape index (κ3) is 3.51. The van der Waals surface area contributed by atoms with Crippen LogP contribution in [0.4, 0.5) is 0 Å². The van der Waals surface area contributed by atoms with Gasteiger partial charge in [-0.2, -0.15) is 0 Å². The number of H-pyrrole nitrogens is 1. The van der Waals surface area contributed by atoms with Gasteiger partial charge in [0.1, 0.15) is 10.7 Å². The Hall–Kier alpha value is -2.80. The van der Waals surface area contributed by atoms with Gasteiger partial charge in [-0.1, -0.05) is 18.2 Å². The largest absolute Gasteiger partial charge is 0.345 e. The first-order chi connectivity index (χ1) is 11.9. The Balaban J connectivity index is 1.95. The molecule has 6 nitrogen and oxygen atoms in total. The molecule has 0 aliphatic heterocycles. The zero-order valence-corrected chi connectivity index (χ0v) is 14.7. The van der Waals surface area contributed by atoms with E-state index in [1.807, 2.05) is 6.07 Å². The number of aromatic nitrogens is 2. The van der Waals surface area contributed by atoms with Crippen molar-refractivity contribution in [2.45, 2.75) is 6.42 Å². The molecule has 0 unspecified atom stereocenters. The number of ketones is 1. The van der Waals surface area contributed by atoms with Crippen LogP contribution < -0.4 is 0 Å². The second-order valence-electron chi connectivity index (χ2n) is 5.70. The predicted octanol–water partition coefficient (Wildman–Crippen LogP) is 2.41. The molecule has 2 aromatic heterocycles.